The Kier molecular flexibility index (Phi) is 5.93. The van der Waals surface area contributed by atoms with Crippen LogP contribution in [0, 0.1) is 4.77 Å². The van der Waals surface area contributed by atoms with E-state index in [1.165, 1.54) is 23.7 Å². The Bertz CT molecular complexity index is 1360. The van der Waals surface area contributed by atoms with Crippen LogP contribution in [-0.2, 0) is 13.0 Å². The van der Waals surface area contributed by atoms with Crippen LogP contribution in [0.1, 0.15) is 39.0 Å². The molecule has 12 heteroatoms. The van der Waals surface area contributed by atoms with Gasteiger partial charge in [0.2, 0.25) is 0 Å². The third-order valence-electron chi connectivity index (χ3n) is 5.34. The van der Waals surface area contributed by atoms with E-state index in [2.05, 4.69) is 20.5 Å². The smallest absolute Gasteiger partial charge is 0.271 e. The number of aromatic amines is 2. The van der Waals surface area contributed by atoms with E-state index in [-0.39, 0.29) is 40.3 Å². The van der Waals surface area contributed by atoms with Gasteiger partial charge in [0.05, 0.1) is 16.6 Å². The molecule has 0 bridgehead atoms. The molecule has 1 aromatic carbocycles. The molecule has 166 valence electrons. The largest absolute Gasteiger partial charge is 0.354 e. The van der Waals surface area contributed by atoms with Crippen molar-refractivity contribution in [1.29, 1.82) is 0 Å². The number of carbonyl (C=O) groups is 2. The number of hydrogen-bond donors (Lipinski definition) is 3. The van der Waals surface area contributed by atoms with Crippen molar-refractivity contribution < 1.29 is 9.59 Å². The number of amides is 2. The van der Waals surface area contributed by atoms with E-state index in [4.69, 9.17) is 35.4 Å². The summed E-state index contributed by atoms with van der Waals surface area (Å²) in [5, 5.41) is 9.72. The van der Waals surface area contributed by atoms with Crippen LogP contribution >= 0.6 is 35.4 Å². The molecule has 3 aromatic rings. The highest BCUT2D eigenvalue weighted by Crippen LogP contribution is 2.26. The molecule has 0 spiro atoms. The van der Waals surface area contributed by atoms with E-state index < -0.39 is 5.91 Å². The van der Waals surface area contributed by atoms with Gasteiger partial charge in [0.25, 0.3) is 17.4 Å². The summed E-state index contributed by atoms with van der Waals surface area (Å²) in [6, 6.07) is 5.91. The number of rotatable bonds is 3. The standard InChI is InChI=1S/C20H18Cl2N6O3S/c1-9-5-11-15(8-27(9)18(30)10-3-4-12(21)13(22)6-10)24-20(32)28(19(11)31)16-7-14(25-26-16)17(29)23-2/h3-4,6-7,9H,5,8H2,1-2H3,(H,23,29)(H,24,32)(H,25,26). The predicted octanol–water partition coefficient (Wildman–Crippen LogP) is 2.87. The van der Waals surface area contributed by atoms with Crippen LogP contribution in [0.3, 0.4) is 0 Å². The summed E-state index contributed by atoms with van der Waals surface area (Å²) in [5.41, 5.74) is 1.28. The third-order valence-corrected chi connectivity index (χ3v) is 6.36. The molecular weight excluding hydrogens is 475 g/mol. The van der Waals surface area contributed by atoms with Crippen LogP contribution in [0.2, 0.25) is 10.0 Å². The molecular formula is C20H18Cl2N6O3S. The zero-order valence-electron chi connectivity index (χ0n) is 17.0. The van der Waals surface area contributed by atoms with Crippen LogP contribution in [0.4, 0.5) is 0 Å². The zero-order valence-corrected chi connectivity index (χ0v) is 19.4. The van der Waals surface area contributed by atoms with Gasteiger partial charge in [-0.3, -0.25) is 19.5 Å². The van der Waals surface area contributed by atoms with Crippen molar-refractivity contribution in [1.82, 2.24) is 30.0 Å². The molecule has 1 atom stereocenters. The first kappa shape index (κ1) is 22.3. The maximum Gasteiger partial charge on any atom is 0.271 e. The number of H-pyrrole nitrogens is 2. The highest BCUT2D eigenvalue weighted by molar-refractivity contribution is 7.71. The summed E-state index contributed by atoms with van der Waals surface area (Å²) >= 11 is 17.4. The number of nitrogens with one attached hydrogen (secondary N) is 3. The fraction of sp³-hybridized carbons (Fsp3) is 0.250. The first-order chi connectivity index (χ1) is 15.2. The van der Waals surface area contributed by atoms with E-state index in [0.29, 0.717) is 33.3 Å². The molecule has 0 fully saturated rings. The maximum atomic E-state index is 13.3. The molecule has 4 rings (SSSR count). The van der Waals surface area contributed by atoms with Gasteiger partial charge < -0.3 is 15.2 Å². The van der Waals surface area contributed by atoms with Crippen molar-refractivity contribution >= 4 is 47.2 Å². The van der Waals surface area contributed by atoms with Gasteiger partial charge in [0.15, 0.2) is 10.5 Å². The fourth-order valence-corrected chi connectivity index (χ4v) is 4.25. The van der Waals surface area contributed by atoms with Gasteiger partial charge in [-0.2, -0.15) is 5.10 Å². The highest BCUT2D eigenvalue weighted by atomic mass is 35.5. The molecule has 0 saturated carbocycles. The summed E-state index contributed by atoms with van der Waals surface area (Å²) in [6.45, 7) is 2.05. The lowest BCUT2D eigenvalue weighted by atomic mass is 9.98. The summed E-state index contributed by atoms with van der Waals surface area (Å²) in [5.74, 6) is -0.341. The molecule has 0 radical (unpaired) electrons. The van der Waals surface area contributed by atoms with Crippen molar-refractivity contribution in [3.63, 3.8) is 0 Å². The number of carbonyl (C=O) groups excluding carboxylic acids is 2. The number of aromatic nitrogens is 4. The molecule has 3 N–H and O–H groups in total. The summed E-state index contributed by atoms with van der Waals surface area (Å²) in [7, 11) is 1.49. The molecule has 1 aliphatic rings. The lowest BCUT2D eigenvalue weighted by Gasteiger charge is -2.34. The van der Waals surface area contributed by atoms with E-state index in [9.17, 15) is 14.4 Å². The van der Waals surface area contributed by atoms with Crippen molar-refractivity contribution in [3.8, 4) is 5.82 Å². The lowest BCUT2D eigenvalue weighted by molar-refractivity contribution is 0.0652. The normalized spacial score (nSPS) is 15.4. The summed E-state index contributed by atoms with van der Waals surface area (Å²) < 4.78 is 1.38. The minimum Gasteiger partial charge on any atom is -0.354 e. The van der Waals surface area contributed by atoms with Crippen molar-refractivity contribution in [2.45, 2.75) is 25.9 Å². The Labute approximate surface area is 197 Å². The molecule has 9 nitrogen and oxygen atoms in total. The monoisotopic (exact) mass is 492 g/mol. The second-order valence-corrected chi connectivity index (χ2v) is 8.56. The van der Waals surface area contributed by atoms with E-state index in [1.807, 2.05) is 6.92 Å². The number of benzene rings is 1. The average molecular weight is 493 g/mol. The number of nitrogens with zero attached hydrogens (tertiary/aromatic N) is 3. The Morgan fingerprint density at radius 1 is 1.25 bits per heavy atom. The van der Waals surface area contributed by atoms with Gasteiger partial charge in [-0.1, -0.05) is 23.2 Å². The quantitative estimate of drug-likeness (QED) is 0.486. The molecule has 2 aromatic heterocycles. The average Bonchev–Trinajstić information content (AvgIpc) is 3.24. The van der Waals surface area contributed by atoms with Gasteiger partial charge in [-0.15, -0.1) is 0 Å². The van der Waals surface area contributed by atoms with Crippen LogP contribution in [0.5, 0.6) is 0 Å². The minimum atomic E-state index is -0.390. The number of fused-ring (bicyclic) bond motifs is 1. The van der Waals surface area contributed by atoms with Gasteiger partial charge in [-0.25, -0.2) is 4.57 Å². The predicted molar refractivity (Wildman–Crippen MR) is 122 cm³/mol. The Morgan fingerprint density at radius 2 is 2.00 bits per heavy atom. The number of hydrogen-bond acceptors (Lipinski definition) is 5. The highest BCUT2D eigenvalue weighted by Gasteiger charge is 2.31. The van der Waals surface area contributed by atoms with Gasteiger partial charge >= 0.3 is 0 Å². The SMILES string of the molecule is CNC(=O)c1cc(-n2c(=S)[nH]c3c(c2=O)CC(C)N(C(=O)c2ccc(Cl)c(Cl)c2)C3)[nH]n1. The third kappa shape index (κ3) is 3.85. The van der Waals surface area contributed by atoms with E-state index in [1.54, 1.807) is 17.0 Å². The molecule has 0 aliphatic carbocycles. The van der Waals surface area contributed by atoms with E-state index in [0.717, 1.165) is 0 Å². The van der Waals surface area contributed by atoms with E-state index >= 15 is 0 Å². The maximum absolute atomic E-state index is 13.3. The van der Waals surface area contributed by atoms with Crippen LogP contribution in [0.15, 0.2) is 29.1 Å². The van der Waals surface area contributed by atoms with Crippen molar-refractivity contribution in [2.24, 2.45) is 0 Å². The molecule has 32 heavy (non-hydrogen) atoms. The summed E-state index contributed by atoms with van der Waals surface area (Å²) in [4.78, 5) is 42.8. The molecule has 0 saturated heterocycles. The van der Waals surface area contributed by atoms with Crippen LogP contribution in [-0.4, -0.2) is 49.6 Å². The molecule has 3 heterocycles. The first-order valence-corrected chi connectivity index (χ1v) is 10.8. The van der Waals surface area contributed by atoms with Crippen LogP contribution < -0.4 is 10.9 Å². The minimum absolute atomic E-state index is 0.123. The zero-order chi connectivity index (χ0) is 23.2. The molecule has 2 amide bonds. The Hall–Kier alpha value is -2.95. The number of halogens is 2. The van der Waals surface area contributed by atoms with Gasteiger partial charge in [-0.05, 0) is 43.8 Å². The fourth-order valence-electron chi connectivity index (χ4n) is 3.65. The molecule has 1 unspecified atom stereocenters. The second kappa shape index (κ2) is 8.53. The van der Waals surface area contributed by atoms with Gasteiger partial charge in [0.1, 0.15) is 5.82 Å². The topological polar surface area (TPSA) is 116 Å². The lowest BCUT2D eigenvalue weighted by Crippen LogP contribution is -2.45. The van der Waals surface area contributed by atoms with Crippen molar-refractivity contribution in [2.75, 3.05) is 7.05 Å². The summed E-state index contributed by atoms with van der Waals surface area (Å²) in [6.07, 6.45) is 0.323. The second-order valence-electron chi connectivity index (χ2n) is 7.36. The van der Waals surface area contributed by atoms with Crippen molar-refractivity contribution in [3.05, 3.63) is 72.0 Å². The van der Waals surface area contributed by atoms with Gasteiger partial charge in [0, 0.05) is 36.0 Å². The Balaban J connectivity index is 1.70. The van der Waals surface area contributed by atoms with Crippen LogP contribution in [0.25, 0.3) is 5.82 Å². The first-order valence-electron chi connectivity index (χ1n) is 9.62. The molecule has 1 aliphatic heterocycles. The Morgan fingerprint density at radius 3 is 2.69 bits per heavy atom.